The highest BCUT2D eigenvalue weighted by Crippen LogP contribution is 2.40. The van der Waals surface area contributed by atoms with Gasteiger partial charge in [-0.25, -0.2) is 8.78 Å². The molecule has 0 radical (unpaired) electrons. The number of rotatable bonds is 5. The maximum atomic E-state index is 14.0. The highest BCUT2D eigenvalue weighted by Gasteiger charge is 2.43. The van der Waals surface area contributed by atoms with E-state index in [4.69, 9.17) is 9.15 Å². The Morgan fingerprint density at radius 3 is 2.27 bits per heavy atom. The van der Waals surface area contributed by atoms with Crippen LogP contribution in [0.4, 0.5) is 8.78 Å². The molecule has 37 heavy (non-hydrogen) atoms. The van der Waals surface area contributed by atoms with Crippen LogP contribution in [0.5, 0.6) is 11.5 Å². The minimum absolute atomic E-state index is 0.0834. The van der Waals surface area contributed by atoms with Crippen LogP contribution in [0, 0.1) is 11.6 Å². The molecule has 0 aliphatic carbocycles. The summed E-state index contributed by atoms with van der Waals surface area (Å²) in [5.74, 6) is -1.00. The Morgan fingerprint density at radius 2 is 1.49 bits per heavy atom. The van der Waals surface area contributed by atoms with Gasteiger partial charge in [-0.1, -0.05) is 42.5 Å². The molecule has 2 heterocycles. The average molecular weight is 495 g/mol. The van der Waals surface area contributed by atoms with Gasteiger partial charge in [0, 0.05) is 12.6 Å². The second kappa shape index (κ2) is 9.02. The first kappa shape index (κ1) is 22.7. The summed E-state index contributed by atoms with van der Waals surface area (Å²) in [6.45, 7) is -0.137. The molecule has 1 aromatic heterocycles. The van der Waals surface area contributed by atoms with Gasteiger partial charge in [-0.2, -0.15) is 0 Å². The van der Waals surface area contributed by atoms with Crippen molar-refractivity contribution in [3.63, 3.8) is 0 Å². The quantitative estimate of drug-likeness (QED) is 0.275. The summed E-state index contributed by atoms with van der Waals surface area (Å²) in [7, 11) is 0. The van der Waals surface area contributed by atoms with Gasteiger partial charge in [-0.15, -0.1) is 0 Å². The molecule has 4 aromatic carbocycles. The van der Waals surface area contributed by atoms with Crippen LogP contribution >= 0.6 is 0 Å². The summed E-state index contributed by atoms with van der Waals surface area (Å²) >= 11 is 0. The molecule has 1 unspecified atom stereocenters. The molecule has 0 saturated heterocycles. The first-order chi connectivity index (χ1) is 18.0. The van der Waals surface area contributed by atoms with Crippen LogP contribution < -0.4 is 10.2 Å². The van der Waals surface area contributed by atoms with Gasteiger partial charge in [0.25, 0.3) is 5.91 Å². The van der Waals surface area contributed by atoms with E-state index in [-0.39, 0.29) is 34.4 Å². The number of carbonyl (C=O) groups excluding carboxylic acids is 1. The zero-order valence-corrected chi connectivity index (χ0v) is 19.4. The standard InChI is InChI=1S/C30H19F2NO4/c31-20-13-18(14-21(32)16-20)17-33-27(19-7-6-10-23(15-19)36-22-8-2-1-3-9-22)26-28(34)24-11-4-5-12-25(24)37-29(26)30(33)35/h1-16,27H,17H2. The molecule has 5 aromatic rings. The fraction of sp³-hybridized carbons (Fsp3) is 0.0667. The predicted octanol–water partition coefficient (Wildman–Crippen LogP) is 6.61. The van der Waals surface area contributed by atoms with Crippen molar-refractivity contribution in [1.29, 1.82) is 0 Å². The summed E-state index contributed by atoms with van der Waals surface area (Å²) in [5.41, 5.74) is 0.977. The monoisotopic (exact) mass is 495 g/mol. The van der Waals surface area contributed by atoms with Gasteiger partial charge in [-0.05, 0) is 59.7 Å². The molecule has 6 rings (SSSR count). The maximum Gasteiger partial charge on any atom is 0.291 e. The van der Waals surface area contributed by atoms with E-state index in [0.29, 0.717) is 22.4 Å². The van der Waals surface area contributed by atoms with Crippen molar-refractivity contribution in [3.8, 4) is 11.5 Å². The van der Waals surface area contributed by atoms with Crippen LogP contribution in [-0.4, -0.2) is 10.8 Å². The Kier molecular flexibility index (Phi) is 5.53. The SMILES string of the molecule is O=C1c2oc3ccccc3c(=O)c2C(c2cccc(Oc3ccccc3)c2)N1Cc1cc(F)cc(F)c1. The number of para-hydroxylation sites is 2. The molecule has 0 fully saturated rings. The molecule has 1 amide bonds. The fourth-order valence-corrected chi connectivity index (χ4v) is 4.75. The van der Waals surface area contributed by atoms with E-state index in [0.717, 1.165) is 18.2 Å². The number of ether oxygens (including phenoxy) is 1. The normalized spacial score (nSPS) is 14.7. The largest absolute Gasteiger partial charge is 0.457 e. The van der Waals surface area contributed by atoms with E-state index in [1.165, 1.54) is 4.90 Å². The molecule has 182 valence electrons. The summed E-state index contributed by atoms with van der Waals surface area (Å²) in [6.07, 6.45) is 0. The van der Waals surface area contributed by atoms with E-state index >= 15 is 0 Å². The Labute approximate surface area is 210 Å². The molecular formula is C30H19F2NO4. The lowest BCUT2D eigenvalue weighted by atomic mass is 9.98. The third kappa shape index (κ3) is 4.14. The Balaban J connectivity index is 1.50. The van der Waals surface area contributed by atoms with Crippen molar-refractivity contribution in [2.24, 2.45) is 0 Å². The number of amides is 1. The van der Waals surface area contributed by atoms with Crippen molar-refractivity contribution in [2.75, 3.05) is 0 Å². The number of carbonyl (C=O) groups is 1. The van der Waals surface area contributed by atoms with E-state index in [9.17, 15) is 18.4 Å². The molecule has 0 N–H and O–H groups in total. The number of hydrogen-bond donors (Lipinski definition) is 0. The smallest absolute Gasteiger partial charge is 0.291 e. The van der Waals surface area contributed by atoms with Crippen LogP contribution in [-0.2, 0) is 6.54 Å². The number of hydrogen-bond acceptors (Lipinski definition) is 4. The first-order valence-electron chi connectivity index (χ1n) is 11.6. The molecule has 0 saturated carbocycles. The summed E-state index contributed by atoms with van der Waals surface area (Å²) in [6, 6.07) is 25.2. The molecule has 5 nitrogen and oxygen atoms in total. The third-order valence-corrected chi connectivity index (χ3v) is 6.30. The van der Waals surface area contributed by atoms with Crippen molar-refractivity contribution < 1.29 is 22.7 Å². The van der Waals surface area contributed by atoms with E-state index in [1.807, 2.05) is 30.3 Å². The van der Waals surface area contributed by atoms with Gasteiger partial charge in [0.15, 0.2) is 5.43 Å². The lowest BCUT2D eigenvalue weighted by Gasteiger charge is -2.25. The van der Waals surface area contributed by atoms with Crippen LogP contribution in [0.3, 0.4) is 0 Å². The molecule has 1 aliphatic heterocycles. The van der Waals surface area contributed by atoms with Gasteiger partial charge in [0.1, 0.15) is 28.7 Å². The maximum absolute atomic E-state index is 14.0. The Hall–Kier alpha value is -4.78. The average Bonchev–Trinajstić information content (AvgIpc) is 3.16. The third-order valence-electron chi connectivity index (χ3n) is 6.30. The summed E-state index contributed by atoms with van der Waals surface area (Å²) < 4.78 is 39.8. The van der Waals surface area contributed by atoms with Gasteiger partial charge >= 0.3 is 0 Å². The van der Waals surface area contributed by atoms with Crippen LogP contribution in [0.1, 0.15) is 33.3 Å². The summed E-state index contributed by atoms with van der Waals surface area (Å²) in [4.78, 5) is 28.6. The minimum Gasteiger partial charge on any atom is -0.457 e. The van der Waals surface area contributed by atoms with Crippen molar-refractivity contribution in [1.82, 2.24) is 4.90 Å². The number of benzene rings is 4. The van der Waals surface area contributed by atoms with Crippen molar-refractivity contribution in [2.45, 2.75) is 12.6 Å². The zero-order chi connectivity index (χ0) is 25.5. The van der Waals surface area contributed by atoms with Crippen LogP contribution in [0.2, 0.25) is 0 Å². The molecule has 7 heteroatoms. The Morgan fingerprint density at radius 1 is 0.784 bits per heavy atom. The highest BCUT2D eigenvalue weighted by molar-refractivity contribution is 5.99. The predicted molar refractivity (Wildman–Crippen MR) is 134 cm³/mol. The van der Waals surface area contributed by atoms with E-state index < -0.39 is 23.6 Å². The highest BCUT2D eigenvalue weighted by atomic mass is 19.1. The van der Waals surface area contributed by atoms with Crippen molar-refractivity contribution >= 4 is 16.9 Å². The van der Waals surface area contributed by atoms with Crippen LogP contribution in [0.15, 0.2) is 106 Å². The zero-order valence-electron chi connectivity index (χ0n) is 19.4. The molecule has 1 atom stereocenters. The number of nitrogens with zero attached hydrogens (tertiary/aromatic N) is 1. The fourth-order valence-electron chi connectivity index (χ4n) is 4.75. The van der Waals surface area contributed by atoms with Crippen molar-refractivity contribution in [3.05, 3.63) is 141 Å². The molecule has 1 aliphatic rings. The second-order valence-electron chi connectivity index (χ2n) is 8.77. The van der Waals surface area contributed by atoms with E-state index in [1.54, 1.807) is 48.5 Å². The molecule has 0 spiro atoms. The van der Waals surface area contributed by atoms with Gasteiger partial charge < -0.3 is 14.1 Å². The van der Waals surface area contributed by atoms with Crippen LogP contribution in [0.25, 0.3) is 11.0 Å². The molecular weight excluding hydrogens is 476 g/mol. The number of halogens is 2. The Bertz CT molecular complexity index is 1690. The van der Waals surface area contributed by atoms with Gasteiger partial charge in [0.05, 0.1) is 17.0 Å². The topological polar surface area (TPSA) is 59.8 Å². The lowest BCUT2D eigenvalue weighted by molar-refractivity contribution is 0.0713. The first-order valence-corrected chi connectivity index (χ1v) is 11.6. The minimum atomic E-state index is -0.853. The summed E-state index contributed by atoms with van der Waals surface area (Å²) in [5, 5.41) is 0.342. The van der Waals surface area contributed by atoms with Gasteiger partial charge in [0.2, 0.25) is 5.76 Å². The van der Waals surface area contributed by atoms with E-state index in [2.05, 4.69) is 0 Å². The van der Waals surface area contributed by atoms with Gasteiger partial charge in [-0.3, -0.25) is 9.59 Å². The lowest BCUT2D eigenvalue weighted by Crippen LogP contribution is -2.29. The second-order valence-corrected chi connectivity index (χ2v) is 8.77. The number of fused-ring (bicyclic) bond motifs is 2. The molecule has 0 bridgehead atoms.